The van der Waals surface area contributed by atoms with Crippen LogP contribution in [0.5, 0.6) is 11.5 Å². The summed E-state index contributed by atoms with van der Waals surface area (Å²) < 4.78 is 18.3. The van der Waals surface area contributed by atoms with Crippen molar-refractivity contribution in [3.63, 3.8) is 0 Å². The second-order valence-electron chi connectivity index (χ2n) is 16.1. The molecule has 0 bridgehead atoms. The maximum atomic E-state index is 14.5. The van der Waals surface area contributed by atoms with Gasteiger partial charge in [-0.25, -0.2) is 14.7 Å². The first-order valence-electron chi connectivity index (χ1n) is 17.9. The normalized spacial score (nSPS) is 17.6. The van der Waals surface area contributed by atoms with Gasteiger partial charge >= 0.3 is 18.0 Å². The fraction of sp³-hybridized carbons (Fsp3) is 0.390. The van der Waals surface area contributed by atoms with Crippen LogP contribution < -0.4 is 14.8 Å². The maximum absolute atomic E-state index is 14.5. The third-order valence-corrected chi connectivity index (χ3v) is 9.87. The number of carbonyl (C=O) groups excluding carboxylic acids is 5. The van der Waals surface area contributed by atoms with E-state index in [9.17, 15) is 24.0 Å². The highest BCUT2D eigenvalue weighted by molar-refractivity contribution is 6.08. The number of aromatic nitrogens is 3. The first-order valence-corrected chi connectivity index (χ1v) is 17.9. The number of hydrogen-bond acceptors (Lipinski definition) is 10. The van der Waals surface area contributed by atoms with E-state index in [0.29, 0.717) is 33.8 Å². The topological polar surface area (TPSA) is 162 Å². The van der Waals surface area contributed by atoms with Gasteiger partial charge in [-0.1, -0.05) is 37.3 Å². The SMILES string of the molecule is COc1ccc2c(c1)C(=O)N(C[C@@]1(C(C)c3ccc(-c4nc(-c5cnn(C)c5)ccc4OC(=O)C(C)(C)C)cc3)NC(=O)N(COC(=O)C(C)(C)C)C1=O)C2. The Balaban J connectivity index is 1.36. The van der Waals surface area contributed by atoms with Crippen molar-refractivity contribution in [3.05, 3.63) is 83.7 Å². The zero-order valence-corrected chi connectivity index (χ0v) is 32.6. The summed E-state index contributed by atoms with van der Waals surface area (Å²) in [5.74, 6) is -1.87. The fourth-order valence-corrected chi connectivity index (χ4v) is 6.45. The van der Waals surface area contributed by atoms with Crippen molar-refractivity contribution >= 4 is 29.8 Å². The first-order chi connectivity index (χ1) is 25.8. The van der Waals surface area contributed by atoms with Crippen LogP contribution in [0.15, 0.2) is 67.0 Å². The third-order valence-electron chi connectivity index (χ3n) is 9.87. The van der Waals surface area contributed by atoms with Gasteiger partial charge in [0.1, 0.15) is 17.0 Å². The quantitative estimate of drug-likeness (QED) is 0.157. The van der Waals surface area contributed by atoms with Gasteiger partial charge in [-0.15, -0.1) is 0 Å². The number of carbonyl (C=O) groups is 5. The molecule has 1 saturated heterocycles. The van der Waals surface area contributed by atoms with Gasteiger partial charge in [0.25, 0.3) is 11.8 Å². The summed E-state index contributed by atoms with van der Waals surface area (Å²) in [4.78, 5) is 74.7. The molecular weight excluding hydrogens is 704 g/mol. The van der Waals surface area contributed by atoms with Crippen LogP contribution in [0.1, 0.15) is 75.9 Å². The monoisotopic (exact) mass is 750 g/mol. The number of ether oxygens (including phenoxy) is 3. The molecule has 55 heavy (non-hydrogen) atoms. The van der Waals surface area contributed by atoms with Crippen LogP contribution in [0.25, 0.3) is 22.5 Å². The molecule has 2 aliphatic rings. The lowest BCUT2D eigenvalue weighted by molar-refractivity contribution is -0.158. The van der Waals surface area contributed by atoms with Crippen LogP contribution in [-0.2, 0) is 32.7 Å². The van der Waals surface area contributed by atoms with Crippen LogP contribution in [0.4, 0.5) is 4.79 Å². The van der Waals surface area contributed by atoms with Crippen molar-refractivity contribution in [1.82, 2.24) is 29.9 Å². The van der Waals surface area contributed by atoms with Crippen LogP contribution >= 0.6 is 0 Å². The largest absolute Gasteiger partial charge is 0.497 e. The molecule has 0 aliphatic carbocycles. The fourth-order valence-electron chi connectivity index (χ4n) is 6.45. The first kappa shape index (κ1) is 38.7. The highest BCUT2D eigenvalue weighted by atomic mass is 16.6. The van der Waals surface area contributed by atoms with Crippen molar-refractivity contribution in [1.29, 1.82) is 0 Å². The predicted octanol–water partition coefficient (Wildman–Crippen LogP) is 5.71. The lowest BCUT2D eigenvalue weighted by Crippen LogP contribution is -2.58. The Kier molecular flexibility index (Phi) is 10.1. The standard InChI is InChI=1S/C41H46N6O8/c1-24(25-10-12-26(13-11-25)33-32(55-37(51)40(5,6)7)17-16-31(43-33)28-19-42-45(8)20-28)41(22-46-21-27-14-15-29(53-9)18-30(27)34(46)48)35(49)47(38(52)44-41)23-54-36(50)39(2,3)4/h10-20,24H,21-23H2,1-9H3,(H,44,52)/t24?,41-/m0/s1. The van der Waals surface area contributed by atoms with Crippen molar-refractivity contribution in [2.24, 2.45) is 17.9 Å². The number of nitrogens with one attached hydrogen (secondary N) is 1. The van der Waals surface area contributed by atoms with Crippen molar-refractivity contribution < 1.29 is 38.2 Å². The van der Waals surface area contributed by atoms with Gasteiger partial charge in [0.15, 0.2) is 12.5 Å². The van der Waals surface area contributed by atoms with Crippen LogP contribution in [0.3, 0.4) is 0 Å². The average Bonchev–Trinajstić information content (AvgIpc) is 3.78. The predicted molar refractivity (Wildman–Crippen MR) is 202 cm³/mol. The molecule has 1 N–H and O–H groups in total. The minimum Gasteiger partial charge on any atom is -0.497 e. The number of rotatable bonds is 10. The second kappa shape index (κ2) is 14.3. The molecule has 1 fully saturated rings. The van der Waals surface area contributed by atoms with E-state index in [0.717, 1.165) is 16.0 Å². The second-order valence-corrected chi connectivity index (χ2v) is 16.1. The Bertz CT molecular complexity index is 2180. The smallest absolute Gasteiger partial charge is 0.327 e. The molecule has 2 aromatic carbocycles. The summed E-state index contributed by atoms with van der Waals surface area (Å²) in [6.07, 6.45) is 3.52. The molecule has 0 radical (unpaired) electrons. The van der Waals surface area contributed by atoms with Gasteiger partial charge in [-0.2, -0.15) is 5.10 Å². The molecule has 1 unspecified atom stereocenters. The number of fused-ring (bicyclic) bond motifs is 1. The number of aryl methyl sites for hydroxylation is 1. The summed E-state index contributed by atoms with van der Waals surface area (Å²) in [5, 5.41) is 7.15. The summed E-state index contributed by atoms with van der Waals surface area (Å²) in [7, 11) is 3.32. The van der Waals surface area contributed by atoms with E-state index >= 15 is 0 Å². The molecule has 4 aromatic rings. The Hall–Kier alpha value is -6.05. The van der Waals surface area contributed by atoms with Gasteiger partial charge in [-0.3, -0.25) is 23.9 Å². The zero-order chi connectivity index (χ0) is 40.0. The number of imide groups is 1. The van der Waals surface area contributed by atoms with E-state index in [2.05, 4.69) is 10.4 Å². The van der Waals surface area contributed by atoms with Gasteiger partial charge in [0.05, 0.1) is 36.4 Å². The zero-order valence-electron chi connectivity index (χ0n) is 32.6. The van der Waals surface area contributed by atoms with Crippen LogP contribution in [0.2, 0.25) is 0 Å². The van der Waals surface area contributed by atoms with Crippen molar-refractivity contribution in [3.8, 4) is 34.0 Å². The molecule has 14 nitrogen and oxygen atoms in total. The number of methoxy groups -OCH3 is 1. The van der Waals surface area contributed by atoms with E-state index in [1.165, 1.54) is 12.0 Å². The summed E-state index contributed by atoms with van der Waals surface area (Å²) >= 11 is 0. The van der Waals surface area contributed by atoms with Crippen molar-refractivity contribution in [2.75, 3.05) is 20.4 Å². The molecule has 6 rings (SSSR count). The molecule has 0 saturated carbocycles. The van der Waals surface area contributed by atoms with Gasteiger partial charge in [0, 0.05) is 42.4 Å². The van der Waals surface area contributed by atoms with Gasteiger partial charge in [-0.05, 0) is 76.9 Å². The number of urea groups is 1. The average molecular weight is 751 g/mol. The number of hydrogen-bond donors (Lipinski definition) is 1. The Labute approximate surface area is 319 Å². The Morgan fingerprint density at radius 3 is 2.24 bits per heavy atom. The van der Waals surface area contributed by atoms with E-state index in [-0.39, 0.29) is 24.7 Å². The minimum atomic E-state index is -1.64. The number of amides is 4. The van der Waals surface area contributed by atoms with Crippen LogP contribution in [0, 0.1) is 10.8 Å². The number of pyridine rings is 1. The Morgan fingerprint density at radius 2 is 1.62 bits per heavy atom. The third kappa shape index (κ3) is 7.53. The van der Waals surface area contributed by atoms with E-state index < -0.39 is 52.9 Å². The highest BCUT2D eigenvalue weighted by Gasteiger charge is 2.57. The molecule has 14 heteroatoms. The van der Waals surface area contributed by atoms with Crippen LogP contribution in [-0.4, -0.2) is 80.3 Å². The van der Waals surface area contributed by atoms with E-state index in [1.54, 1.807) is 109 Å². The number of nitrogens with zero attached hydrogens (tertiary/aromatic N) is 5. The summed E-state index contributed by atoms with van der Waals surface area (Å²) in [6, 6.07) is 15.2. The van der Waals surface area contributed by atoms with Gasteiger partial charge < -0.3 is 24.4 Å². The Morgan fingerprint density at radius 1 is 0.927 bits per heavy atom. The summed E-state index contributed by atoms with van der Waals surface area (Å²) in [5.41, 5.74) is 1.04. The van der Waals surface area contributed by atoms with Gasteiger partial charge in [0.2, 0.25) is 0 Å². The minimum absolute atomic E-state index is 0.165. The number of esters is 2. The molecule has 0 spiro atoms. The molecule has 4 heterocycles. The molecule has 2 aliphatic heterocycles. The maximum Gasteiger partial charge on any atom is 0.327 e. The molecule has 4 amide bonds. The molecular formula is C41H46N6O8. The number of benzene rings is 2. The highest BCUT2D eigenvalue weighted by Crippen LogP contribution is 2.39. The van der Waals surface area contributed by atoms with E-state index in [1.807, 2.05) is 18.3 Å². The molecule has 288 valence electrons. The van der Waals surface area contributed by atoms with E-state index in [4.69, 9.17) is 19.2 Å². The molecule has 2 aromatic heterocycles. The summed E-state index contributed by atoms with van der Waals surface area (Å²) in [6.45, 7) is 11.6. The lowest BCUT2D eigenvalue weighted by Gasteiger charge is -2.36. The van der Waals surface area contributed by atoms with Crippen molar-refractivity contribution in [2.45, 2.75) is 66.5 Å². The molecule has 2 atom stereocenters. The lowest BCUT2D eigenvalue weighted by atomic mass is 9.79.